The second kappa shape index (κ2) is 7.02. The van der Waals surface area contributed by atoms with Gasteiger partial charge in [-0.15, -0.1) is 0 Å². The summed E-state index contributed by atoms with van der Waals surface area (Å²) >= 11 is 0. The SMILES string of the molecule is Cc1ccc(C(=O)NC([NH2+]Cc2ccco2)(C(F)(F)F)C(F)(F)F)cc1. The summed E-state index contributed by atoms with van der Waals surface area (Å²) < 4.78 is 85.4. The summed E-state index contributed by atoms with van der Waals surface area (Å²) in [4.78, 5) is 12.1. The lowest BCUT2D eigenvalue weighted by Gasteiger charge is -2.34. The molecule has 0 aliphatic carbocycles. The number of hydrogen-bond acceptors (Lipinski definition) is 2. The molecule has 1 heterocycles. The molecule has 1 amide bonds. The number of aryl methyl sites for hydroxylation is 1. The molecule has 4 nitrogen and oxygen atoms in total. The van der Waals surface area contributed by atoms with Crippen LogP contribution in [0, 0.1) is 6.92 Å². The van der Waals surface area contributed by atoms with E-state index in [0.717, 1.165) is 23.7 Å². The van der Waals surface area contributed by atoms with Crippen LogP contribution in [0.1, 0.15) is 21.7 Å². The Balaban J connectivity index is 2.37. The number of alkyl halides is 6. The van der Waals surface area contributed by atoms with Crippen LogP contribution in [0.5, 0.6) is 0 Å². The largest absolute Gasteiger partial charge is 0.475 e. The van der Waals surface area contributed by atoms with E-state index in [4.69, 9.17) is 4.42 Å². The Morgan fingerprint density at radius 3 is 2.08 bits per heavy atom. The van der Waals surface area contributed by atoms with Crippen LogP contribution in [0.4, 0.5) is 26.3 Å². The van der Waals surface area contributed by atoms with E-state index in [9.17, 15) is 31.1 Å². The van der Waals surface area contributed by atoms with Crippen molar-refractivity contribution in [3.8, 4) is 0 Å². The Morgan fingerprint density at radius 2 is 1.62 bits per heavy atom. The van der Waals surface area contributed by atoms with E-state index in [1.54, 1.807) is 6.92 Å². The van der Waals surface area contributed by atoms with Gasteiger partial charge in [-0.05, 0) is 31.2 Å². The van der Waals surface area contributed by atoms with E-state index in [2.05, 4.69) is 0 Å². The van der Waals surface area contributed by atoms with Gasteiger partial charge in [0.1, 0.15) is 6.54 Å². The molecule has 1 aromatic carbocycles. The van der Waals surface area contributed by atoms with Crippen LogP contribution in [0.15, 0.2) is 47.1 Å². The first kappa shape index (κ1) is 19.8. The standard InChI is InChI=1S/C16H14F6N2O2/c1-10-4-6-11(7-5-10)13(25)24-14(15(17,18)19,16(20,21)22)23-9-12-3-2-8-26-12/h2-8,23H,9H2,1H3,(H,24,25)/p+1. The van der Waals surface area contributed by atoms with Crippen molar-refractivity contribution < 1.29 is 40.9 Å². The third kappa shape index (κ3) is 4.01. The zero-order valence-electron chi connectivity index (χ0n) is 13.4. The summed E-state index contributed by atoms with van der Waals surface area (Å²) in [5.41, 5.74) is -4.14. The highest BCUT2D eigenvalue weighted by atomic mass is 19.4. The molecule has 0 unspecified atom stereocenters. The van der Waals surface area contributed by atoms with E-state index < -0.39 is 30.5 Å². The number of halogens is 6. The fraction of sp³-hybridized carbons (Fsp3) is 0.312. The molecular weight excluding hydrogens is 366 g/mol. The number of quaternary nitrogens is 1. The molecule has 0 atom stereocenters. The number of nitrogens with one attached hydrogen (secondary N) is 1. The predicted octanol–water partition coefficient (Wildman–Crippen LogP) is 2.90. The van der Waals surface area contributed by atoms with E-state index in [1.807, 2.05) is 0 Å². The first-order valence-electron chi connectivity index (χ1n) is 7.36. The minimum atomic E-state index is -5.81. The quantitative estimate of drug-likeness (QED) is 0.618. The maximum absolute atomic E-state index is 13.4. The molecule has 0 spiro atoms. The number of rotatable bonds is 5. The molecule has 0 aliphatic heterocycles. The van der Waals surface area contributed by atoms with Crippen molar-refractivity contribution in [1.82, 2.24) is 5.32 Å². The van der Waals surface area contributed by atoms with Gasteiger partial charge in [0.05, 0.1) is 6.26 Å². The highest BCUT2D eigenvalue weighted by Gasteiger charge is 2.76. The molecule has 0 saturated carbocycles. The number of hydrogen-bond donors (Lipinski definition) is 2. The Bertz CT molecular complexity index is 722. The monoisotopic (exact) mass is 381 g/mol. The van der Waals surface area contributed by atoms with Crippen LogP contribution in [0.2, 0.25) is 0 Å². The molecule has 142 valence electrons. The van der Waals surface area contributed by atoms with E-state index in [0.29, 0.717) is 5.56 Å². The van der Waals surface area contributed by atoms with Crippen molar-refractivity contribution in [2.24, 2.45) is 0 Å². The van der Waals surface area contributed by atoms with Gasteiger partial charge in [0.15, 0.2) is 5.76 Å². The lowest BCUT2D eigenvalue weighted by Crippen LogP contribution is -3.07. The van der Waals surface area contributed by atoms with Crippen molar-refractivity contribution in [2.75, 3.05) is 0 Å². The van der Waals surface area contributed by atoms with Gasteiger partial charge in [0.25, 0.3) is 5.91 Å². The molecule has 0 saturated heterocycles. The van der Waals surface area contributed by atoms with Gasteiger partial charge in [-0.1, -0.05) is 17.7 Å². The van der Waals surface area contributed by atoms with Crippen molar-refractivity contribution >= 4 is 5.91 Å². The summed E-state index contributed by atoms with van der Waals surface area (Å²) in [5.74, 6) is -1.59. The topological polar surface area (TPSA) is 58.9 Å². The second-order valence-electron chi connectivity index (χ2n) is 5.61. The lowest BCUT2D eigenvalue weighted by atomic mass is 10.1. The number of amides is 1. The first-order valence-corrected chi connectivity index (χ1v) is 7.36. The Labute approximate surface area is 144 Å². The third-order valence-corrected chi connectivity index (χ3v) is 3.71. The molecule has 3 N–H and O–H groups in total. The number of furan rings is 1. The molecule has 2 aromatic rings. The maximum Gasteiger partial charge on any atom is 0.475 e. The predicted molar refractivity (Wildman–Crippen MR) is 77.8 cm³/mol. The minimum absolute atomic E-state index is 0.0437. The summed E-state index contributed by atoms with van der Waals surface area (Å²) in [6.07, 6.45) is -10.5. The van der Waals surface area contributed by atoms with Crippen molar-refractivity contribution in [1.29, 1.82) is 0 Å². The zero-order chi connectivity index (χ0) is 19.6. The summed E-state index contributed by atoms with van der Waals surface area (Å²) in [5, 5.41) is 1.08. The Kier molecular flexibility index (Phi) is 5.36. The number of benzene rings is 1. The average Bonchev–Trinajstić information content (AvgIpc) is 3.02. The van der Waals surface area contributed by atoms with Crippen molar-refractivity contribution in [2.45, 2.75) is 31.5 Å². The number of nitrogens with two attached hydrogens (primary N) is 1. The van der Waals surface area contributed by atoms with Crippen LogP contribution in [-0.2, 0) is 6.54 Å². The smallest absolute Gasteiger partial charge is 0.463 e. The van der Waals surface area contributed by atoms with Crippen LogP contribution in [-0.4, -0.2) is 23.9 Å². The normalized spacial score (nSPS) is 12.9. The number of carbonyl (C=O) groups excluding carboxylic acids is 1. The van der Waals surface area contributed by atoms with E-state index in [1.165, 1.54) is 24.3 Å². The van der Waals surface area contributed by atoms with Gasteiger partial charge in [-0.3, -0.25) is 10.1 Å². The Morgan fingerprint density at radius 1 is 1.04 bits per heavy atom. The van der Waals surface area contributed by atoms with E-state index in [-0.39, 0.29) is 16.6 Å². The lowest BCUT2D eigenvalue weighted by molar-refractivity contribution is -0.797. The summed E-state index contributed by atoms with van der Waals surface area (Å²) in [6.45, 7) is 0.884. The molecule has 0 aliphatic rings. The highest BCUT2D eigenvalue weighted by molar-refractivity contribution is 5.94. The minimum Gasteiger partial charge on any atom is -0.463 e. The fourth-order valence-corrected chi connectivity index (χ4v) is 2.22. The van der Waals surface area contributed by atoms with Gasteiger partial charge in [0.2, 0.25) is 0 Å². The van der Waals surface area contributed by atoms with Gasteiger partial charge >= 0.3 is 18.0 Å². The van der Waals surface area contributed by atoms with Crippen LogP contribution in [0.3, 0.4) is 0 Å². The first-order chi connectivity index (χ1) is 12.0. The van der Waals surface area contributed by atoms with Gasteiger partial charge in [-0.2, -0.15) is 26.3 Å². The second-order valence-corrected chi connectivity index (χ2v) is 5.61. The average molecular weight is 381 g/mol. The number of carbonyl (C=O) groups is 1. The van der Waals surface area contributed by atoms with Crippen molar-refractivity contribution in [3.63, 3.8) is 0 Å². The van der Waals surface area contributed by atoms with Crippen LogP contribution < -0.4 is 10.6 Å². The van der Waals surface area contributed by atoms with Crippen LogP contribution in [0.25, 0.3) is 0 Å². The zero-order valence-corrected chi connectivity index (χ0v) is 13.4. The molecule has 1 aromatic heterocycles. The van der Waals surface area contributed by atoms with Gasteiger partial charge < -0.3 is 9.73 Å². The Hall–Kier alpha value is -2.49. The molecular formula is C16H15F6N2O2+. The summed E-state index contributed by atoms with van der Waals surface area (Å²) in [7, 11) is 0. The van der Waals surface area contributed by atoms with Gasteiger partial charge in [-0.25, -0.2) is 0 Å². The molecule has 0 fully saturated rings. The molecule has 0 bridgehead atoms. The molecule has 0 radical (unpaired) electrons. The van der Waals surface area contributed by atoms with Crippen LogP contribution >= 0.6 is 0 Å². The molecule has 2 rings (SSSR count). The fourth-order valence-electron chi connectivity index (χ4n) is 2.22. The highest BCUT2D eigenvalue weighted by Crippen LogP contribution is 2.38. The molecule has 26 heavy (non-hydrogen) atoms. The van der Waals surface area contributed by atoms with Crippen molar-refractivity contribution in [3.05, 3.63) is 59.5 Å². The maximum atomic E-state index is 13.4. The summed E-state index contributed by atoms with van der Waals surface area (Å²) in [6, 6.07) is 7.67. The van der Waals surface area contributed by atoms with E-state index >= 15 is 0 Å². The third-order valence-electron chi connectivity index (χ3n) is 3.71. The van der Waals surface area contributed by atoms with Gasteiger partial charge in [0, 0.05) is 5.56 Å². The molecule has 10 heteroatoms.